The number of aliphatic hydroxyl groups is 1. The largest absolute Gasteiger partial charge is 0.479 e. The van der Waals surface area contributed by atoms with Crippen molar-refractivity contribution < 1.29 is 29.4 Å². The summed E-state index contributed by atoms with van der Waals surface area (Å²) in [6.45, 7) is 0. The number of carbonyl (C=O) groups is 1. The van der Waals surface area contributed by atoms with Crippen LogP contribution >= 0.6 is 7.60 Å². The molecule has 0 amide bonds. The lowest BCUT2D eigenvalue weighted by Crippen LogP contribution is -2.23. The van der Waals surface area contributed by atoms with Gasteiger partial charge in [-0.2, -0.15) is 0 Å². The molecule has 0 aliphatic rings. The van der Waals surface area contributed by atoms with Crippen molar-refractivity contribution in [3.8, 4) is 0 Å². The Hall–Kier alpha value is -0.420. The first-order chi connectivity index (χ1) is 4.33. The molecule has 0 spiro atoms. The molecule has 1 atom stereocenters. The lowest BCUT2D eigenvalue weighted by Gasteiger charge is -2.05. The van der Waals surface area contributed by atoms with E-state index in [0.29, 0.717) is 0 Å². The van der Waals surface area contributed by atoms with Gasteiger partial charge in [0, 0.05) is 0 Å². The molecule has 7 heteroatoms. The zero-order valence-corrected chi connectivity index (χ0v) is 5.73. The van der Waals surface area contributed by atoms with Crippen molar-refractivity contribution in [1.29, 1.82) is 0 Å². The fraction of sp³-hybridized carbons (Fsp3) is 0.667. The number of carboxylic acid groups (broad SMARTS) is 1. The summed E-state index contributed by atoms with van der Waals surface area (Å²) in [7, 11) is -4.41. The zero-order valence-electron chi connectivity index (χ0n) is 4.84. The topological polar surface area (TPSA) is 115 Å². The quantitative estimate of drug-likeness (QED) is 0.387. The van der Waals surface area contributed by atoms with Crippen LogP contribution < -0.4 is 0 Å². The summed E-state index contributed by atoms with van der Waals surface area (Å²) in [5.41, 5.74) is 0. The average molecular weight is 170 g/mol. The molecule has 0 saturated carbocycles. The third kappa shape index (κ3) is 4.46. The highest BCUT2D eigenvalue weighted by Crippen LogP contribution is 2.34. The standard InChI is InChI=1S/C3H7O6P/c4-2(3(5)6)1-10(7,8)9/h2,4H,1H2,(H,5,6)(H2,7,8,9). The summed E-state index contributed by atoms with van der Waals surface area (Å²) in [5, 5.41) is 16.3. The maximum absolute atomic E-state index is 10.0. The van der Waals surface area contributed by atoms with Gasteiger partial charge < -0.3 is 20.0 Å². The molecule has 4 N–H and O–H groups in total. The Morgan fingerprint density at radius 1 is 1.50 bits per heavy atom. The van der Waals surface area contributed by atoms with Gasteiger partial charge in [-0.1, -0.05) is 0 Å². The predicted octanol–water partition coefficient (Wildman–Crippen LogP) is -1.39. The van der Waals surface area contributed by atoms with Gasteiger partial charge in [-0.05, 0) is 0 Å². The normalized spacial score (nSPS) is 14.7. The van der Waals surface area contributed by atoms with E-state index >= 15 is 0 Å². The van der Waals surface area contributed by atoms with E-state index in [2.05, 4.69) is 0 Å². The van der Waals surface area contributed by atoms with Gasteiger partial charge in [0.25, 0.3) is 0 Å². The molecule has 60 valence electrons. The van der Waals surface area contributed by atoms with E-state index in [4.69, 9.17) is 20.0 Å². The summed E-state index contributed by atoms with van der Waals surface area (Å²) in [4.78, 5) is 26.0. The van der Waals surface area contributed by atoms with Crippen LogP contribution in [0.25, 0.3) is 0 Å². The number of aliphatic hydroxyl groups excluding tert-OH is 1. The average Bonchev–Trinajstić information content (AvgIpc) is 1.60. The molecular formula is C3H7O6P. The SMILES string of the molecule is O=C(O)C(O)CP(=O)(O)O. The second-order valence-corrected chi connectivity index (χ2v) is 3.40. The molecule has 0 aliphatic carbocycles. The van der Waals surface area contributed by atoms with Gasteiger partial charge in [-0.25, -0.2) is 4.79 Å². The van der Waals surface area contributed by atoms with Crippen molar-refractivity contribution in [1.82, 2.24) is 0 Å². The summed E-state index contributed by atoms with van der Waals surface area (Å²) < 4.78 is 10.0. The maximum atomic E-state index is 10.0. The minimum absolute atomic E-state index is 1.04. The van der Waals surface area contributed by atoms with Gasteiger partial charge in [0.2, 0.25) is 0 Å². The van der Waals surface area contributed by atoms with E-state index in [1.165, 1.54) is 0 Å². The molecule has 6 nitrogen and oxygen atoms in total. The summed E-state index contributed by atoms with van der Waals surface area (Å²) in [5.74, 6) is -1.64. The Labute approximate surface area is 56.3 Å². The molecule has 0 saturated heterocycles. The number of hydrogen-bond donors (Lipinski definition) is 4. The van der Waals surface area contributed by atoms with Crippen LogP contribution in [0.15, 0.2) is 0 Å². The highest BCUT2D eigenvalue weighted by molar-refractivity contribution is 7.51. The summed E-state index contributed by atoms with van der Waals surface area (Å²) in [6, 6.07) is 0. The molecule has 0 fully saturated rings. The molecule has 0 aliphatic heterocycles. The van der Waals surface area contributed by atoms with Gasteiger partial charge in [0.15, 0.2) is 6.10 Å². The van der Waals surface area contributed by atoms with Crippen molar-refractivity contribution in [3.05, 3.63) is 0 Å². The number of carboxylic acids is 1. The lowest BCUT2D eigenvalue weighted by molar-refractivity contribution is -0.145. The summed E-state index contributed by atoms with van der Waals surface area (Å²) >= 11 is 0. The Morgan fingerprint density at radius 2 is 1.90 bits per heavy atom. The molecule has 1 unspecified atom stereocenters. The Bertz CT molecular complexity index is 170. The summed E-state index contributed by atoms with van der Waals surface area (Å²) in [6.07, 6.45) is -3.02. The smallest absolute Gasteiger partial charge is 0.333 e. The van der Waals surface area contributed by atoms with Gasteiger partial charge >= 0.3 is 13.6 Å². The Balaban J connectivity index is 3.93. The number of rotatable bonds is 3. The van der Waals surface area contributed by atoms with E-state index in [0.717, 1.165) is 0 Å². The minimum atomic E-state index is -4.41. The number of aliphatic carboxylic acids is 1. The van der Waals surface area contributed by atoms with Gasteiger partial charge in [0.1, 0.15) is 0 Å². The van der Waals surface area contributed by atoms with Crippen molar-refractivity contribution in [2.75, 3.05) is 6.16 Å². The van der Waals surface area contributed by atoms with Crippen LogP contribution in [0.5, 0.6) is 0 Å². The van der Waals surface area contributed by atoms with Crippen LogP contribution in [0.1, 0.15) is 0 Å². The third-order valence-electron chi connectivity index (χ3n) is 0.696. The Morgan fingerprint density at radius 3 is 2.00 bits per heavy atom. The second-order valence-electron chi connectivity index (χ2n) is 1.70. The predicted molar refractivity (Wildman–Crippen MR) is 30.6 cm³/mol. The molecule has 0 bridgehead atoms. The van der Waals surface area contributed by atoms with E-state index in [-0.39, 0.29) is 0 Å². The van der Waals surface area contributed by atoms with E-state index < -0.39 is 25.8 Å². The van der Waals surface area contributed by atoms with Crippen molar-refractivity contribution in [3.63, 3.8) is 0 Å². The Kier molecular flexibility index (Phi) is 2.98. The zero-order chi connectivity index (χ0) is 8.36. The van der Waals surface area contributed by atoms with Crippen LogP contribution in [0.4, 0.5) is 0 Å². The molecule has 10 heavy (non-hydrogen) atoms. The van der Waals surface area contributed by atoms with E-state index in [1.54, 1.807) is 0 Å². The highest BCUT2D eigenvalue weighted by atomic mass is 31.2. The van der Waals surface area contributed by atoms with Gasteiger partial charge in [0.05, 0.1) is 6.16 Å². The maximum Gasteiger partial charge on any atom is 0.333 e. The van der Waals surface area contributed by atoms with Gasteiger partial charge in [-0.3, -0.25) is 4.57 Å². The fourth-order valence-electron chi connectivity index (χ4n) is 0.303. The fourth-order valence-corrected chi connectivity index (χ4v) is 0.910. The minimum Gasteiger partial charge on any atom is -0.479 e. The molecule has 0 rings (SSSR count). The monoisotopic (exact) mass is 170 g/mol. The van der Waals surface area contributed by atoms with Crippen molar-refractivity contribution >= 4 is 13.6 Å². The first-order valence-corrected chi connectivity index (χ1v) is 4.08. The van der Waals surface area contributed by atoms with Crippen molar-refractivity contribution in [2.24, 2.45) is 0 Å². The molecule has 0 heterocycles. The highest BCUT2D eigenvalue weighted by Gasteiger charge is 2.24. The van der Waals surface area contributed by atoms with Crippen LogP contribution in [0.2, 0.25) is 0 Å². The molecule has 0 aromatic heterocycles. The third-order valence-corrected chi connectivity index (χ3v) is 1.52. The molecule has 0 radical (unpaired) electrons. The first-order valence-electron chi connectivity index (χ1n) is 2.28. The van der Waals surface area contributed by atoms with E-state index in [9.17, 15) is 9.36 Å². The van der Waals surface area contributed by atoms with Crippen LogP contribution in [0.3, 0.4) is 0 Å². The second kappa shape index (κ2) is 3.12. The number of hydrogen-bond acceptors (Lipinski definition) is 3. The van der Waals surface area contributed by atoms with Gasteiger partial charge in [-0.15, -0.1) is 0 Å². The molecular weight excluding hydrogens is 163 g/mol. The first kappa shape index (κ1) is 9.58. The van der Waals surface area contributed by atoms with Crippen LogP contribution in [-0.4, -0.2) is 38.2 Å². The molecule has 0 aromatic carbocycles. The van der Waals surface area contributed by atoms with Crippen molar-refractivity contribution in [2.45, 2.75) is 6.10 Å². The van der Waals surface area contributed by atoms with Crippen LogP contribution in [0, 0.1) is 0 Å². The van der Waals surface area contributed by atoms with Crippen LogP contribution in [-0.2, 0) is 9.36 Å². The molecule has 0 aromatic rings. The van der Waals surface area contributed by atoms with E-state index in [1.807, 2.05) is 0 Å². The lowest BCUT2D eigenvalue weighted by atomic mass is 10.4.